The van der Waals surface area contributed by atoms with Crippen LogP contribution in [0.3, 0.4) is 0 Å². The number of nitrogens with one attached hydrogen (secondary N) is 1. The van der Waals surface area contributed by atoms with Crippen LogP contribution in [-0.2, 0) is 6.42 Å². The van der Waals surface area contributed by atoms with Gasteiger partial charge in [0.1, 0.15) is 5.82 Å². The van der Waals surface area contributed by atoms with Crippen LogP contribution < -0.4 is 11.1 Å². The molecule has 20 heavy (non-hydrogen) atoms. The lowest BCUT2D eigenvalue weighted by molar-refractivity contribution is 1.01. The number of hydrogen-bond donors (Lipinski definition) is 2. The molecule has 1 heterocycles. The van der Waals surface area contributed by atoms with Gasteiger partial charge in [-0.15, -0.1) is 0 Å². The zero-order valence-corrected chi connectivity index (χ0v) is 11.1. The molecule has 0 saturated heterocycles. The molecule has 0 amide bonds. The molecule has 0 spiro atoms. The van der Waals surface area contributed by atoms with Crippen molar-refractivity contribution >= 4 is 22.7 Å². The maximum Gasteiger partial charge on any atom is 0.222 e. The molecule has 2 aromatic carbocycles. The molecule has 0 aliphatic heterocycles. The van der Waals surface area contributed by atoms with Gasteiger partial charge in [-0.3, -0.25) is 0 Å². The Bertz CT molecular complexity index is 710. The first-order valence-electron chi connectivity index (χ1n) is 6.63. The Hall–Kier alpha value is -2.62. The summed E-state index contributed by atoms with van der Waals surface area (Å²) in [7, 11) is 0. The number of benzene rings is 2. The predicted molar refractivity (Wildman–Crippen MR) is 82.6 cm³/mol. The third-order valence-corrected chi connectivity index (χ3v) is 3.17. The van der Waals surface area contributed by atoms with Crippen molar-refractivity contribution in [1.82, 2.24) is 9.97 Å². The lowest BCUT2D eigenvalue weighted by Crippen LogP contribution is -2.08. The molecule has 0 saturated carbocycles. The minimum Gasteiger partial charge on any atom is -0.369 e. The second-order valence-electron chi connectivity index (χ2n) is 4.61. The molecular weight excluding hydrogens is 248 g/mol. The Morgan fingerprint density at radius 1 is 0.900 bits per heavy atom. The van der Waals surface area contributed by atoms with Gasteiger partial charge in [0.2, 0.25) is 5.95 Å². The van der Waals surface area contributed by atoms with Gasteiger partial charge in [0.15, 0.2) is 0 Å². The van der Waals surface area contributed by atoms with Crippen molar-refractivity contribution in [2.45, 2.75) is 6.42 Å². The van der Waals surface area contributed by atoms with Crippen LogP contribution in [-0.4, -0.2) is 16.5 Å². The summed E-state index contributed by atoms with van der Waals surface area (Å²) >= 11 is 0. The fourth-order valence-electron chi connectivity index (χ4n) is 2.20. The molecule has 0 unspecified atom stereocenters. The number of nitrogens with zero attached hydrogens (tertiary/aromatic N) is 2. The number of anilines is 2. The van der Waals surface area contributed by atoms with Crippen LogP contribution in [0.15, 0.2) is 54.6 Å². The van der Waals surface area contributed by atoms with Crippen LogP contribution >= 0.6 is 0 Å². The number of aromatic nitrogens is 2. The lowest BCUT2D eigenvalue weighted by Gasteiger charge is -2.09. The number of nitrogen functional groups attached to an aromatic ring is 1. The Morgan fingerprint density at radius 3 is 2.50 bits per heavy atom. The van der Waals surface area contributed by atoms with Gasteiger partial charge in [-0.1, -0.05) is 42.5 Å². The van der Waals surface area contributed by atoms with Gasteiger partial charge in [0.25, 0.3) is 0 Å². The van der Waals surface area contributed by atoms with Crippen LogP contribution in [0, 0.1) is 0 Å². The van der Waals surface area contributed by atoms with E-state index < -0.39 is 0 Å². The molecule has 100 valence electrons. The summed E-state index contributed by atoms with van der Waals surface area (Å²) in [6.45, 7) is 0.810. The first-order chi connectivity index (χ1) is 9.83. The van der Waals surface area contributed by atoms with Crippen molar-refractivity contribution in [2.24, 2.45) is 0 Å². The summed E-state index contributed by atoms with van der Waals surface area (Å²) < 4.78 is 0. The molecule has 0 aliphatic rings. The predicted octanol–water partition coefficient (Wildman–Crippen LogP) is 2.87. The van der Waals surface area contributed by atoms with E-state index in [0.29, 0.717) is 5.95 Å². The number of para-hydroxylation sites is 1. The molecule has 3 rings (SSSR count). The second-order valence-corrected chi connectivity index (χ2v) is 4.61. The van der Waals surface area contributed by atoms with Crippen LogP contribution in [0.1, 0.15) is 5.56 Å². The van der Waals surface area contributed by atoms with E-state index in [0.717, 1.165) is 29.7 Å². The maximum atomic E-state index is 5.75. The van der Waals surface area contributed by atoms with Crippen molar-refractivity contribution in [2.75, 3.05) is 17.6 Å². The van der Waals surface area contributed by atoms with Crippen molar-refractivity contribution < 1.29 is 0 Å². The Morgan fingerprint density at radius 2 is 1.65 bits per heavy atom. The maximum absolute atomic E-state index is 5.75. The second kappa shape index (κ2) is 5.57. The molecule has 3 N–H and O–H groups in total. The third-order valence-electron chi connectivity index (χ3n) is 3.17. The van der Waals surface area contributed by atoms with Gasteiger partial charge < -0.3 is 11.1 Å². The summed E-state index contributed by atoms with van der Waals surface area (Å²) in [4.78, 5) is 8.52. The van der Waals surface area contributed by atoms with Crippen LogP contribution in [0.2, 0.25) is 0 Å². The van der Waals surface area contributed by atoms with E-state index in [1.165, 1.54) is 5.56 Å². The van der Waals surface area contributed by atoms with Crippen molar-refractivity contribution in [3.8, 4) is 0 Å². The van der Waals surface area contributed by atoms with E-state index >= 15 is 0 Å². The first kappa shape index (κ1) is 12.4. The average molecular weight is 264 g/mol. The summed E-state index contributed by atoms with van der Waals surface area (Å²) in [5, 5.41) is 4.34. The van der Waals surface area contributed by atoms with E-state index in [9.17, 15) is 0 Å². The van der Waals surface area contributed by atoms with Crippen LogP contribution in [0.5, 0.6) is 0 Å². The summed E-state index contributed by atoms with van der Waals surface area (Å²) in [5.41, 5.74) is 7.91. The molecule has 4 heteroatoms. The highest BCUT2D eigenvalue weighted by molar-refractivity contribution is 5.89. The van der Waals surface area contributed by atoms with Crippen molar-refractivity contribution in [3.05, 3.63) is 60.2 Å². The molecule has 0 radical (unpaired) electrons. The molecule has 0 fully saturated rings. The van der Waals surface area contributed by atoms with Crippen molar-refractivity contribution in [3.63, 3.8) is 0 Å². The smallest absolute Gasteiger partial charge is 0.222 e. The Balaban J connectivity index is 1.77. The number of fused-ring (bicyclic) bond motifs is 1. The monoisotopic (exact) mass is 264 g/mol. The first-order valence-corrected chi connectivity index (χ1v) is 6.63. The standard InChI is InChI=1S/C16H16N4/c17-16-19-14-9-5-4-8-13(14)15(20-16)18-11-10-12-6-2-1-3-7-12/h1-9H,10-11H2,(H3,17,18,19,20). The minimum atomic E-state index is 0.297. The van der Waals surface area contributed by atoms with E-state index in [-0.39, 0.29) is 0 Å². The molecule has 0 aliphatic carbocycles. The fourth-order valence-corrected chi connectivity index (χ4v) is 2.20. The van der Waals surface area contributed by atoms with Gasteiger partial charge in [0.05, 0.1) is 5.52 Å². The average Bonchev–Trinajstić information content (AvgIpc) is 2.48. The number of hydrogen-bond acceptors (Lipinski definition) is 4. The van der Waals surface area contributed by atoms with Gasteiger partial charge in [0, 0.05) is 11.9 Å². The summed E-state index contributed by atoms with van der Waals surface area (Å²) in [6.07, 6.45) is 0.944. The molecule has 1 aromatic heterocycles. The molecule has 0 bridgehead atoms. The van der Waals surface area contributed by atoms with Gasteiger partial charge >= 0.3 is 0 Å². The van der Waals surface area contributed by atoms with Gasteiger partial charge in [-0.25, -0.2) is 4.98 Å². The Labute approximate surface area is 117 Å². The van der Waals surface area contributed by atoms with Crippen molar-refractivity contribution in [1.29, 1.82) is 0 Å². The quantitative estimate of drug-likeness (QED) is 0.760. The number of rotatable bonds is 4. The zero-order chi connectivity index (χ0) is 13.8. The fraction of sp³-hybridized carbons (Fsp3) is 0.125. The normalized spacial score (nSPS) is 10.6. The highest BCUT2D eigenvalue weighted by Gasteiger charge is 2.04. The van der Waals surface area contributed by atoms with Gasteiger partial charge in [-0.2, -0.15) is 4.98 Å². The largest absolute Gasteiger partial charge is 0.369 e. The Kier molecular flexibility index (Phi) is 3.46. The lowest BCUT2D eigenvalue weighted by atomic mass is 10.1. The van der Waals surface area contributed by atoms with Gasteiger partial charge in [-0.05, 0) is 24.1 Å². The number of nitrogens with two attached hydrogens (primary N) is 1. The molecule has 0 atom stereocenters. The third kappa shape index (κ3) is 2.69. The molecule has 3 aromatic rings. The summed E-state index contributed by atoms with van der Waals surface area (Å²) in [5.74, 6) is 1.09. The van der Waals surface area contributed by atoms with E-state index in [2.05, 4.69) is 27.4 Å². The van der Waals surface area contributed by atoms with E-state index in [1.807, 2.05) is 42.5 Å². The summed E-state index contributed by atoms with van der Waals surface area (Å²) in [6, 6.07) is 18.2. The highest BCUT2D eigenvalue weighted by atomic mass is 15.1. The van der Waals surface area contributed by atoms with E-state index in [4.69, 9.17) is 5.73 Å². The van der Waals surface area contributed by atoms with E-state index in [1.54, 1.807) is 0 Å². The minimum absolute atomic E-state index is 0.297. The highest BCUT2D eigenvalue weighted by Crippen LogP contribution is 2.20. The SMILES string of the molecule is Nc1nc(NCCc2ccccc2)c2ccccc2n1. The zero-order valence-electron chi connectivity index (χ0n) is 11.1. The molecule has 4 nitrogen and oxygen atoms in total. The van der Waals surface area contributed by atoms with Crippen LogP contribution in [0.25, 0.3) is 10.9 Å². The van der Waals surface area contributed by atoms with Crippen LogP contribution in [0.4, 0.5) is 11.8 Å². The topological polar surface area (TPSA) is 63.8 Å². The molecular formula is C16H16N4.